The Hall–Kier alpha value is -3.05. The van der Waals surface area contributed by atoms with Crippen molar-refractivity contribution in [1.29, 1.82) is 0 Å². The summed E-state index contributed by atoms with van der Waals surface area (Å²) in [5.74, 6) is 0.153. The summed E-state index contributed by atoms with van der Waals surface area (Å²) in [5, 5.41) is 5.58. The molecule has 6 heteroatoms. The lowest BCUT2D eigenvalue weighted by atomic mass is 9.90. The number of hydrogen-bond donors (Lipinski definition) is 3. The Balaban J connectivity index is 1.69. The summed E-state index contributed by atoms with van der Waals surface area (Å²) in [4.78, 5) is 9.34. The van der Waals surface area contributed by atoms with Crippen LogP contribution in [0.3, 0.4) is 0 Å². The van der Waals surface area contributed by atoms with Crippen molar-refractivity contribution in [2.75, 3.05) is 5.32 Å². The normalized spacial score (nSPS) is 18.9. The highest BCUT2D eigenvalue weighted by Gasteiger charge is 2.25. The summed E-state index contributed by atoms with van der Waals surface area (Å²) >= 11 is 5.99. The Morgan fingerprint density at radius 3 is 2.61 bits per heavy atom. The van der Waals surface area contributed by atoms with Crippen LogP contribution in [0.5, 0.6) is 0 Å². The van der Waals surface area contributed by atoms with Gasteiger partial charge in [0.15, 0.2) is 5.96 Å². The highest BCUT2D eigenvalue weighted by molar-refractivity contribution is 6.30. The molecule has 1 heterocycles. The van der Waals surface area contributed by atoms with Crippen molar-refractivity contribution in [3.63, 3.8) is 0 Å². The van der Waals surface area contributed by atoms with Crippen molar-refractivity contribution in [1.82, 2.24) is 4.98 Å². The molecule has 3 aromatic rings. The molecule has 31 heavy (non-hydrogen) atoms. The number of aliphatic imine (C=N–C) groups is 1. The van der Waals surface area contributed by atoms with E-state index in [0.29, 0.717) is 0 Å². The van der Waals surface area contributed by atoms with Crippen LogP contribution >= 0.6 is 11.6 Å². The zero-order valence-corrected chi connectivity index (χ0v) is 18.4. The first-order valence-electron chi connectivity index (χ1n) is 10.7. The first-order valence-corrected chi connectivity index (χ1v) is 11.1. The van der Waals surface area contributed by atoms with Crippen molar-refractivity contribution in [3.05, 3.63) is 70.4 Å². The molecule has 0 radical (unpaired) electrons. The monoisotopic (exact) mass is 433 g/mol. The van der Waals surface area contributed by atoms with Crippen LogP contribution < -0.4 is 16.8 Å². The lowest BCUT2D eigenvalue weighted by molar-refractivity contribution is 0.405. The van der Waals surface area contributed by atoms with E-state index in [1.807, 2.05) is 36.4 Å². The van der Waals surface area contributed by atoms with Gasteiger partial charge in [0.05, 0.1) is 17.3 Å². The molecule has 1 aliphatic carbocycles. The van der Waals surface area contributed by atoms with Crippen LogP contribution in [0, 0.1) is 6.92 Å². The Morgan fingerprint density at radius 2 is 1.84 bits per heavy atom. The number of anilines is 1. The minimum atomic E-state index is 0.0832. The number of nitrogens with one attached hydrogen (secondary N) is 1. The van der Waals surface area contributed by atoms with E-state index >= 15 is 0 Å². The summed E-state index contributed by atoms with van der Waals surface area (Å²) in [6.07, 6.45) is 8.41. The summed E-state index contributed by atoms with van der Waals surface area (Å²) in [6, 6.07) is 16.5. The van der Waals surface area contributed by atoms with E-state index in [4.69, 9.17) is 28.1 Å². The molecule has 0 aliphatic heterocycles. The van der Waals surface area contributed by atoms with Gasteiger partial charge in [0.2, 0.25) is 0 Å². The van der Waals surface area contributed by atoms with Gasteiger partial charge < -0.3 is 16.8 Å². The molecule has 5 nitrogen and oxygen atoms in total. The van der Waals surface area contributed by atoms with Gasteiger partial charge in [-0.1, -0.05) is 54.3 Å². The molecule has 2 aromatic carbocycles. The predicted molar refractivity (Wildman–Crippen MR) is 132 cm³/mol. The van der Waals surface area contributed by atoms with E-state index in [2.05, 4.69) is 41.5 Å². The number of hydrogen-bond acceptors (Lipinski definition) is 3. The second-order valence-corrected chi connectivity index (χ2v) is 8.59. The molecule has 4 rings (SSSR count). The summed E-state index contributed by atoms with van der Waals surface area (Å²) < 4.78 is 0. The third-order valence-corrected chi connectivity index (χ3v) is 5.94. The standard InChI is InChI=1S/C25H28ClN5/c1-16-6-13-21-20(14-16)24(30-22-4-2-3-5-23(22)31-25(27)28)15-19(29-21)12-9-17-7-10-18(26)11-8-17/h6-15,22-23H,2-5H2,1H3,(H,29,30)(H4,27,28,31). The third-order valence-electron chi connectivity index (χ3n) is 5.69. The minimum Gasteiger partial charge on any atom is -0.380 e. The van der Waals surface area contributed by atoms with Crippen LogP contribution in [0.1, 0.15) is 42.5 Å². The van der Waals surface area contributed by atoms with Crippen LogP contribution in [0.15, 0.2) is 53.5 Å². The molecule has 2 atom stereocenters. The van der Waals surface area contributed by atoms with Gasteiger partial charge in [0.1, 0.15) is 0 Å². The molecule has 5 N–H and O–H groups in total. The highest BCUT2D eigenvalue weighted by Crippen LogP contribution is 2.30. The fourth-order valence-corrected chi connectivity index (χ4v) is 4.27. The quantitative estimate of drug-likeness (QED) is 0.373. The van der Waals surface area contributed by atoms with E-state index in [0.717, 1.165) is 52.1 Å². The molecule has 0 saturated heterocycles. The second kappa shape index (κ2) is 9.40. The van der Waals surface area contributed by atoms with E-state index in [1.54, 1.807) is 0 Å². The Labute approximate surface area is 188 Å². The third kappa shape index (κ3) is 5.36. The molecule has 160 valence electrons. The van der Waals surface area contributed by atoms with E-state index in [-0.39, 0.29) is 18.0 Å². The molecule has 0 bridgehead atoms. The molecule has 1 saturated carbocycles. The topological polar surface area (TPSA) is 89.3 Å². The molecular formula is C25H28ClN5. The van der Waals surface area contributed by atoms with Crippen LogP contribution in [-0.2, 0) is 0 Å². The molecule has 1 fully saturated rings. The van der Waals surface area contributed by atoms with Crippen molar-refractivity contribution in [2.45, 2.75) is 44.7 Å². The second-order valence-electron chi connectivity index (χ2n) is 8.16. The SMILES string of the molecule is Cc1ccc2nc(C=Cc3ccc(Cl)cc3)cc(NC3CCCCC3N=C(N)N)c2c1. The van der Waals surface area contributed by atoms with Crippen molar-refractivity contribution < 1.29 is 0 Å². The number of aromatic nitrogens is 1. The van der Waals surface area contributed by atoms with E-state index < -0.39 is 0 Å². The predicted octanol–water partition coefficient (Wildman–Crippen LogP) is 5.36. The maximum Gasteiger partial charge on any atom is 0.186 e. The number of benzene rings is 2. The number of halogens is 1. The number of rotatable bonds is 5. The highest BCUT2D eigenvalue weighted by atomic mass is 35.5. The fourth-order valence-electron chi connectivity index (χ4n) is 4.15. The van der Waals surface area contributed by atoms with E-state index in [9.17, 15) is 0 Å². The lowest BCUT2D eigenvalue weighted by Crippen LogP contribution is -2.38. The minimum absolute atomic E-state index is 0.0832. The average molecular weight is 434 g/mol. The summed E-state index contributed by atoms with van der Waals surface area (Å²) in [7, 11) is 0. The lowest BCUT2D eigenvalue weighted by Gasteiger charge is -2.31. The van der Waals surface area contributed by atoms with Crippen LogP contribution in [0.2, 0.25) is 5.02 Å². The van der Waals surface area contributed by atoms with Crippen LogP contribution in [0.4, 0.5) is 5.69 Å². The number of nitrogens with zero attached hydrogens (tertiary/aromatic N) is 2. The Bertz CT molecular complexity index is 1120. The number of nitrogens with two attached hydrogens (primary N) is 2. The van der Waals surface area contributed by atoms with Gasteiger partial charge in [-0.25, -0.2) is 9.98 Å². The number of fused-ring (bicyclic) bond motifs is 1. The number of aryl methyl sites for hydroxylation is 1. The molecular weight excluding hydrogens is 406 g/mol. The van der Waals surface area contributed by atoms with Gasteiger partial charge in [-0.15, -0.1) is 0 Å². The van der Waals surface area contributed by atoms with Gasteiger partial charge in [-0.2, -0.15) is 0 Å². The van der Waals surface area contributed by atoms with Crippen LogP contribution in [0.25, 0.3) is 23.1 Å². The number of guanidine groups is 1. The van der Waals surface area contributed by atoms with Gasteiger partial charge in [0, 0.05) is 22.1 Å². The van der Waals surface area contributed by atoms with Gasteiger partial charge in [-0.3, -0.25) is 0 Å². The van der Waals surface area contributed by atoms with Gasteiger partial charge in [-0.05, 0) is 61.7 Å². The molecule has 1 aliphatic rings. The zero-order valence-electron chi connectivity index (χ0n) is 17.7. The zero-order chi connectivity index (χ0) is 21.8. The van der Waals surface area contributed by atoms with E-state index in [1.165, 1.54) is 12.0 Å². The largest absolute Gasteiger partial charge is 0.380 e. The van der Waals surface area contributed by atoms with Gasteiger partial charge in [0.25, 0.3) is 0 Å². The first kappa shape index (κ1) is 21.2. The maximum absolute atomic E-state index is 5.99. The average Bonchev–Trinajstić information content (AvgIpc) is 2.75. The Morgan fingerprint density at radius 1 is 1.06 bits per heavy atom. The fraction of sp³-hybridized carbons (Fsp3) is 0.280. The van der Waals surface area contributed by atoms with Crippen molar-refractivity contribution in [3.8, 4) is 0 Å². The first-order chi connectivity index (χ1) is 15.0. The summed E-state index contributed by atoms with van der Waals surface area (Å²) in [6.45, 7) is 2.10. The molecule has 0 amide bonds. The molecule has 1 aromatic heterocycles. The van der Waals surface area contributed by atoms with Crippen LogP contribution in [-0.4, -0.2) is 23.0 Å². The number of pyridine rings is 1. The Kier molecular flexibility index (Phi) is 6.42. The van der Waals surface area contributed by atoms with Crippen molar-refractivity contribution >= 4 is 46.3 Å². The molecule has 0 spiro atoms. The van der Waals surface area contributed by atoms with Gasteiger partial charge >= 0.3 is 0 Å². The summed E-state index contributed by atoms with van der Waals surface area (Å²) in [5.41, 5.74) is 16.6. The molecule has 2 unspecified atom stereocenters. The maximum atomic E-state index is 5.99. The smallest absolute Gasteiger partial charge is 0.186 e. The van der Waals surface area contributed by atoms with Crippen molar-refractivity contribution in [2.24, 2.45) is 16.5 Å².